The van der Waals surface area contributed by atoms with E-state index < -0.39 is 12.8 Å². The van der Waals surface area contributed by atoms with Crippen LogP contribution in [-0.4, -0.2) is 71.6 Å². The van der Waals surface area contributed by atoms with Crippen LogP contribution < -0.4 is 4.74 Å². The second-order valence-electron chi connectivity index (χ2n) is 9.08. The maximum Gasteiger partial charge on any atom is 0.422 e. The van der Waals surface area contributed by atoms with Crippen LogP contribution in [0.25, 0.3) is 0 Å². The molecule has 2 saturated heterocycles. The van der Waals surface area contributed by atoms with E-state index in [0.29, 0.717) is 50.6 Å². The largest absolute Gasteiger partial charge is 0.468 e. The zero-order chi connectivity index (χ0) is 27.2. The van der Waals surface area contributed by atoms with E-state index in [2.05, 4.69) is 26.4 Å². The number of alkyl halides is 3. The van der Waals surface area contributed by atoms with Gasteiger partial charge in [0.1, 0.15) is 0 Å². The number of nitrogens with zero attached hydrogens (tertiary/aromatic N) is 5. The van der Waals surface area contributed by atoms with Crippen LogP contribution in [0.5, 0.6) is 5.88 Å². The Hall–Kier alpha value is -3.50. The van der Waals surface area contributed by atoms with Gasteiger partial charge in [0.15, 0.2) is 12.4 Å². The van der Waals surface area contributed by atoms with Crippen LogP contribution >= 0.6 is 0 Å². The fraction of sp³-hybridized carbons (Fsp3) is 0.500. The lowest BCUT2D eigenvalue weighted by atomic mass is 9.89. The number of ether oxygens (including phenoxy) is 1. The van der Waals surface area contributed by atoms with Gasteiger partial charge in [-0.3, -0.25) is 9.59 Å². The van der Waals surface area contributed by atoms with Gasteiger partial charge in [-0.2, -0.15) is 13.2 Å². The average molecular weight is 520 g/mol. The summed E-state index contributed by atoms with van der Waals surface area (Å²) in [6.45, 7) is 9.39. The molecule has 1 aromatic heterocycles. The first-order valence-corrected chi connectivity index (χ1v) is 12.2. The number of ketones is 1. The first kappa shape index (κ1) is 28.1. The number of pyridine rings is 1. The number of allylic oxidation sites excluding steroid dienone is 3. The van der Waals surface area contributed by atoms with Crippen LogP contribution in [0.3, 0.4) is 0 Å². The third-order valence-electron chi connectivity index (χ3n) is 6.49. The van der Waals surface area contributed by atoms with E-state index in [9.17, 15) is 22.8 Å². The monoisotopic (exact) mass is 519 g/mol. The zero-order valence-electron chi connectivity index (χ0n) is 21.3. The molecule has 0 aromatic carbocycles. The number of aliphatic imine (C=N–C) groups is 2. The number of carbonyl (C=O) groups excluding carboxylic acids is 2. The van der Waals surface area contributed by atoms with Gasteiger partial charge in [0.05, 0.1) is 12.1 Å². The third kappa shape index (κ3) is 7.27. The van der Waals surface area contributed by atoms with Crippen LogP contribution in [0.1, 0.15) is 39.2 Å². The van der Waals surface area contributed by atoms with Crippen molar-refractivity contribution in [2.45, 2.75) is 46.2 Å². The maximum absolute atomic E-state index is 13.0. The van der Waals surface area contributed by atoms with Gasteiger partial charge in [0, 0.05) is 43.5 Å². The first-order valence-electron chi connectivity index (χ1n) is 12.2. The summed E-state index contributed by atoms with van der Waals surface area (Å²) in [6.07, 6.45) is 2.20. The van der Waals surface area contributed by atoms with Crippen molar-refractivity contribution in [1.29, 1.82) is 0 Å². The van der Waals surface area contributed by atoms with Crippen molar-refractivity contribution in [2.75, 3.05) is 26.2 Å². The van der Waals surface area contributed by atoms with Crippen molar-refractivity contribution in [1.82, 2.24) is 14.8 Å². The number of guanidine groups is 1. The summed E-state index contributed by atoms with van der Waals surface area (Å²) in [6, 6.07) is 2.99. The Bertz CT molecular complexity index is 1090. The van der Waals surface area contributed by atoms with Crippen molar-refractivity contribution in [2.24, 2.45) is 21.8 Å². The minimum absolute atomic E-state index is 0.0532. The molecule has 1 aromatic rings. The van der Waals surface area contributed by atoms with Crippen LogP contribution in [0.2, 0.25) is 0 Å². The summed E-state index contributed by atoms with van der Waals surface area (Å²) >= 11 is 0. The third-order valence-corrected chi connectivity index (χ3v) is 6.49. The molecule has 200 valence electrons. The Labute approximate surface area is 214 Å². The van der Waals surface area contributed by atoms with Crippen molar-refractivity contribution < 1.29 is 27.5 Å². The SMILES string of the molecule is C=NC(=N/C=C(\C)N1CCC(Cc2ccc(OCC(F)(F)F)nc2)C1=O)N1CC(C(=O)/C(=C\C)CC)C1. The molecule has 0 aliphatic carbocycles. The van der Waals surface area contributed by atoms with Crippen LogP contribution in [0.15, 0.2) is 51.9 Å². The summed E-state index contributed by atoms with van der Waals surface area (Å²) in [5.41, 5.74) is 2.23. The molecule has 1 unspecified atom stereocenters. The minimum Gasteiger partial charge on any atom is -0.468 e. The lowest BCUT2D eigenvalue weighted by molar-refractivity contribution is -0.154. The van der Waals surface area contributed by atoms with E-state index >= 15 is 0 Å². The van der Waals surface area contributed by atoms with Crippen molar-refractivity contribution in [3.63, 3.8) is 0 Å². The minimum atomic E-state index is -4.43. The maximum atomic E-state index is 13.0. The van der Waals surface area contributed by atoms with Gasteiger partial charge >= 0.3 is 6.18 Å². The fourth-order valence-corrected chi connectivity index (χ4v) is 4.37. The second-order valence-corrected chi connectivity index (χ2v) is 9.08. The molecule has 0 radical (unpaired) electrons. The molecule has 11 heteroatoms. The highest BCUT2D eigenvalue weighted by molar-refractivity contribution is 5.99. The van der Waals surface area contributed by atoms with Gasteiger partial charge in [-0.1, -0.05) is 19.1 Å². The normalized spacial score (nSPS) is 19.8. The van der Waals surface area contributed by atoms with Gasteiger partial charge < -0.3 is 14.5 Å². The second kappa shape index (κ2) is 12.2. The van der Waals surface area contributed by atoms with Crippen LogP contribution in [0.4, 0.5) is 13.2 Å². The van der Waals surface area contributed by atoms with E-state index in [1.165, 1.54) is 12.3 Å². The number of aromatic nitrogens is 1. The molecule has 0 bridgehead atoms. The Morgan fingerprint density at radius 3 is 2.62 bits per heavy atom. The molecule has 37 heavy (non-hydrogen) atoms. The first-order chi connectivity index (χ1) is 17.6. The van der Waals surface area contributed by atoms with E-state index in [-0.39, 0.29) is 29.4 Å². The molecular weight excluding hydrogens is 487 g/mol. The molecule has 8 nitrogen and oxygen atoms in total. The topological polar surface area (TPSA) is 87.5 Å². The number of Topliss-reactive ketones (excluding diaryl/α,β-unsaturated/α-hetero) is 1. The molecule has 3 rings (SSSR count). The molecule has 2 fully saturated rings. The van der Waals surface area contributed by atoms with E-state index in [0.717, 1.165) is 11.1 Å². The summed E-state index contributed by atoms with van der Waals surface area (Å²) < 4.78 is 41.5. The van der Waals surface area contributed by atoms with Crippen molar-refractivity contribution in [3.05, 3.63) is 47.4 Å². The fourth-order valence-electron chi connectivity index (χ4n) is 4.37. The number of likely N-dealkylation sites (tertiary alicyclic amines) is 2. The van der Waals surface area contributed by atoms with E-state index in [1.807, 2.05) is 24.8 Å². The highest BCUT2D eigenvalue weighted by atomic mass is 19.4. The van der Waals surface area contributed by atoms with Gasteiger partial charge in [-0.25, -0.2) is 15.0 Å². The lowest BCUT2D eigenvalue weighted by Crippen LogP contribution is -2.52. The predicted molar refractivity (Wildman–Crippen MR) is 134 cm³/mol. The quantitative estimate of drug-likeness (QED) is 0.277. The van der Waals surface area contributed by atoms with Crippen LogP contribution in [-0.2, 0) is 16.0 Å². The number of halogens is 3. The van der Waals surface area contributed by atoms with Gasteiger partial charge in [0.25, 0.3) is 0 Å². The highest BCUT2D eigenvalue weighted by Gasteiger charge is 2.36. The number of rotatable bonds is 9. The number of carbonyl (C=O) groups is 2. The average Bonchev–Trinajstić information content (AvgIpc) is 3.19. The molecule has 3 heterocycles. The smallest absolute Gasteiger partial charge is 0.422 e. The Balaban J connectivity index is 1.55. The number of hydrogen-bond donors (Lipinski definition) is 0. The van der Waals surface area contributed by atoms with Gasteiger partial charge in [-0.05, 0) is 51.0 Å². The molecule has 2 aliphatic rings. The molecule has 2 aliphatic heterocycles. The predicted octanol–water partition coefficient (Wildman–Crippen LogP) is 4.19. The lowest BCUT2D eigenvalue weighted by Gasteiger charge is -2.39. The molecule has 0 saturated carbocycles. The molecule has 1 atom stereocenters. The summed E-state index contributed by atoms with van der Waals surface area (Å²) in [5.74, 6) is 0.0445. The van der Waals surface area contributed by atoms with Gasteiger partial charge in [-0.15, -0.1) is 0 Å². The summed E-state index contributed by atoms with van der Waals surface area (Å²) in [5, 5.41) is 0. The van der Waals surface area contributed by atoms with E-state index in [1.54, 1.807) is 24.1 Å². The highest BCUT2D eigenvalue weighted by Crippen LogP contribution is 2.27. The number of hydrogen-bond acceptors (Lipinski definition) is 5. The van der Waals surface area contributed by atoms with Crippen molar-refractivity contribution >= 4 is 24.4 Å². The molecule has 0 N–H and O–H groups in total. The standard InChI is InChI=1S/C26H32F3N5O3/c1-5-19(6-2)23(35)21-14-33(15-21)25(30-4)32-12-17(3)34-10-9-20(24(34)36)11-18-7-8-22(31-13-18)37-16-26(27,28)29/h5,7-8,12-13,20-21H,4,6,9-11,14-16H2,1-3H3/b17-12+,19-5-,32-25?. The molecular formula is C26H32F3N5O3. The Kier molecular flexibility index (Phi) is 9.23. The van der Waals surface area contributed by atoms with Crippen molar-refractivity contribution in [3.8, 4) is 5.88 Å². The Morgan fingerprint density at radius 2 is 2.05 bits per heavy atom. The molecule has 0 spiro atoms. The summed E-state index contributed by atoms with van der Waals surface area (Å²) in [4.78, 5) is 41.3. The van der Waals surface area contributed by atoms with Crippen LogP contribution in [0, 0.1) is 11.8 Å². The zero-order valence-corrected chi connectivity index (χ0v) is 21.3. The number of amides is 1. The molecule has 1 amide bonds. The van der Waals surface area contributed by atoms with Gasteiger partial charge in [0.2, 0.25) is 17.7 Å². The Morgan fingerprint density at radius 1 is 1.32 bits per heavy atom. The summed E-state index contributed by atoms with van der Waals surface area (Å²) in [7, 11) is 0. The van der Waals surface area contributed by atoms with E-state index in [4.69, 9.17) is 0 Å².